The molecule has 0 bridgehead atoms. The van der Waals surface area contributed by atoms with E-state index >= 15 is 0 Å². The van der Waals surface area contributed by atoms with E-state index in [1.54, 1.807) is 18.2 Å². The maximum absolute atomic E-state index is 11.4. The zero-order chi connectivity index (χ0) is 13.0. The normalized spacial score (nSPS) is 9.61. The highest BCUT2D eigenvalue weighted by Gasteiger charge is 2.05. The molecule has 0 N–H and O–H groups in total. The number of benzene rings is 2. The molecule has 0 amide bonds. The van der Waals surface area contributed by atoms with Crippen molar-refractivity contribution in [3.8, 4) is 11.1 Å². The summed E-state index contributed by atoms with van der Waals surface area (Å²) in [4.78, 5) is 14.2. The second-order valence-electron chi connectivity index (χ2n) is 3.84. The summed E-state index contributed by atoms with van der Waals surface area (Å²) in [6, 6.07) is 14.6. The summed E-state index contributed by atoms with van der Waals surface area (Å²) >= 11 is 0. The number of azide groups is 1. The molecule has 0 saturated heterocycles. The molecule has 0 aromatic heterocycles. The standard InChI is InChI=1S/C14H11N3O/c1-10(18)11-5-4-6-12(9-11)13-7-2-3-8-14(13)16-17-15/h2-9H,1H3. The van der Waals surface area contributed by atoms with E-state index < -0.39 is 0 Å². The van der Waals surface area contributed by atoms with Gasteiger partial charge in [-0.1, -0.05) is 47.6 Å². The Morgan fingerprint density at radius 2 is 1.94 bits per heavy atom. The summed E-state index contributed by atoms with van der Waals surface area (Å²) in [5.74, 6) is 0.0121. The number of Topliss-reactive ketones (excluding diaryl/α,β-unsaturated/α-hetero) is 1. The predicted octanol–water partition coefficient (Wildman–Crippen LogP) is 4.50. The van der Waals surface area contributed by atoms with Crippen molar-refractivity contribution in [3.63, 3.8) is 0 Å². The van der Waals surface area contributed by atoms with Crippen LogP contribution in [0, 0.1) is 0 Å². The predicted molar refractivity (Wildman–Crippen MR) is 70.7 cm³/mol. The smallest absolute Gasteiger partial charge is 0.159 e. The zero-order valence-corrected chi connectivity index (χ0v) is 9.87. The summed E-state index contributed by atoms with van der Waals surface area (Å²) in [6.45, 7) is 1.53. The van der Waals surface area contributed by atoms with Gasteiger partial charge in [0.15, 0.2) is 5.78 Å². The van der Waals surface area contributed by atoms with E-state index in [9.17, 15) is 4.79 Å². The van der Waals surface area contributed by atoms with Gasteiger partial charge in [0.1, 0.15) is 0 Å². The fourth-order valence-electron chi connectivity index (χ4n) is 1.76. The third-order valence-electron chi connectivity index (χ3n) is 2.64. The lowest BCUT2D eigenvalue weighted by Gasteiger charge is -2.06. The molecule has 18 heavy (non-hydrogen) atoms. The van der Waals surface area contributed by atoms with Crippen LogP contribution in [0.25, 0.3) is 21.6 Å². The molecule has 0 aliphatic carbocycles. The van der Waals surface area contributed by atoms with Gasteiger partial charge < -0.3 is 0 Å². The molecule has 2 aromatic rings. The lowest BCUT2D eigenvalue weighted by atomic mass is 10.0. The summed E-state index contributed by atoms with van der Waals surface area (Å²) in [5, 5.41) is 3.65. The summed E-state index contributed by atoms with van der Waals surface area (Å²) < 4.78 is 0. The molecule has 0 spiro atoms. The minimum Gasteiger partial charge on any atom is -0.295 e. The van der Waals surface area contributed by atoms with Crippen LogP contribution in [-0.4, -0.2) is 5.78 Å². The summed E-state index contributed by atoms with van der Waals surface area (Å²) in [5.41, 5.74) is 11.4. The molecule has 4 nitrogen and oxygen atoms in total. The third kappa shape index (κ3) is 2.39. The zero-order valence-electron chi connectivity index (χ0n) is 9.87. The Balaban J connectivity index is 2.58. The molecule has 0 fully saturated rings. The molecule has 0 unspecified atom stereocenters. The Morgan fingerprint density at radius 3 is 2.67 bits per heavy atom. The largest absolute Gasteiger partial charge is 0.295 e. The Bertz CT molecular complexity index is 643. The van der Waals surface area contributed by atoms with Gasteiger partial charge in [-0.25, -0.2) is 0 Å². The number of carbonyl (C=O) groups excluding carboxylic acids is 1. The topological polar surface area (TPSA) is 65.8 Å². The van der Waals surface area contributed by atoms with Crippen LogP contribution >= 0.6 is 0 Å². The van der Waals surface area contributed by atoms with Crippen LogP contribution < -0.4 is 0 Å². The first kappa shape index (κ1) is 11.9. The van der Waals surface area contributed by atoms with Gasteiger partial charge in [-0.2, -0.15) is 0 Å². The maximum Gasteiger partial charge on any atom is 0.159 e. The number of nitrogens with zero attached hydrogens (tertiary/aromatic N) is 3. The van der Waals surface area contributed by atoms with Crippen molar-refractivity contribution >= 4 is 11.5 Å². The SMILES string of the molecule is CC(=O)c1cccc(-c2ccccc2N=[N+]=[N-])c1. The van der Waals surface area contributed by atoms with E-state index in [4.69, 9.17) is 5.53 Å². The molecular weight excluding hydrogens is 226 g/mol. The maximum atomic E-state index is 11.4. The molecule has 4 heteroatoms. The Labute approximate surface area is 105 Å². The van der Waals surface area contributed by atoms with Crippen molar-refractivity contribution in [2.24, 2.45) is 5.11 Å². The van der Waals surface area contributed by atoms with Crippen molar-refractivity contribution in [3.05, 3.63) is 64.5 Å². The van der Waals surface area contributed by atoms with Crippen molar-refractivity contribution in [2.45, 2.75) is 6.92 Å². The van der Waals surface area contributed by atoms with Gasteiger partial charge >= 0.3 is 0 Å². The average Bonchev–Trinajstić information content (AvgIpc) is 2.40. The van der Waals surface area contributed by atoms with E-state index in [0.29, 0.717) is 11.3 Å². The summed E-state index contributed by atoms with van der Waals surface area (Å²) in [6.07, 6.45) is 0. The Morgan fingerprint density at radius 1 is 1.17 bits per heavy atom. The van der Waals surface area contributed by atoms with E-state index in [0.717, 1.165) is 11.1 Å². The quantitative estimate of drug-likeness (QED) is 0.335. The molecule has 2 rings (SSSR count). The van der Waals surface area contributed by atoms with Gasteiger partial charge in [0, 0.05) is 16.2 Å². The number of hydrogen-bond acceptors (Lipinski definition) is 2. The molecule has 88 valence electrons. The van der Waals surface area contributed by atoms with Crippen LogP contribution in [0.15, 0.2) is 53.6 Å². The van der Waals surface area contributed by atoms with Crippen LogP contribution in [0.4, 0.5) is 5.69 Å². The van der Waals surface area contributed by atoms with E-state index in [-0.39, 0.29) is 5.78 Å². The number of rotatable bonds is 3. The second-order valence-corrected chi connectivity index (χ2v) is 3.84. The number of ketones is 1. The molecule has 0 radical (unpaired) electrons. The lowest BCUT2D eigenvalue weighted by Crippen LogP contribution is -1.91. The van der Waals surface area contributed by atoms with Gasteiger partial charge in [0.25, 0.3) is 0 Å². The van der Waals surface area contributed by atoms with Crippen LogP contribution in [0.3, 0.4) is 0 Å². The molecule has 0 aliphatic heterocycles. The van der Waals surface area contributed by atoms with Crippen molar-refractivity contribution < 1.29 is 4.79 Å². The average molecular weight is 237 g/mol. The number of hydrogen-bond donors (Lipinski definition) is 0. The summed E-state index contributed by atoms with van der Waals surface area (Å²) in [7, 11) is 0. The van der Waals surface area contributed by atoms with Crippen molar-refractivity contribution in [1.29, 1.82) is 0 Å². The molecule has 0 aliphatic rings. The first-order valence-electron chi connectivity index (χ1n) is 5.48. The number of carbonyl (C=O) groups is 1. The van der Waals surface area contributed by atoms with Gasteiger partial charge in [0.2, 0.25) is 0 Å². The third-order valence-corrected chi connectivity index (χ3v) is 2.64. The first-order chi connectivity index (χ1) is 8.72. The fraction of sp³-hybridized carbons (Fsp3) is 0.0714. The Kier molecular flexibility index (Phi) is 3.41. The van der Waals surface area contributed by atoms with Gasteiger partial charge in [-0.3, -0.25) is 4.79 Å². The minimum absolute atomic E-state index is 0.0121. The highest BCUT2D eigenvalue weighted by Crippen LogP contribution is 2.30. The van der Waals surface area contributed by atoms with Crippen LogP contribution in [-0.2, 0) is 0 Å². The molecular formula is C14H11N3O. The highest BCUT2D eigenvalue weighted by atomic mass is 16.1. The molecule has 0 atom stereocenters. The monoisotopic (exact) mass is 237 g/mol. The van der Waals surface area contributed by atoms with Crippen LogP contribution in [0.2, 0.25) is 0 Å². The van der Waals surface area contributed by atoms with Crippen LogP contribution in [0.5, 0.6) is 0 Å². The first-order valence-corrected chi connectivity index (χ1v) is 5.48. The van der Waals surface area contributed by atoms with E-state index in [1.165, 1.54) is 6.92 Å². The van der Waals surface area contributed by atoms with Gasteiger partial charge in [-0.15, -0.1) is 0 Å². The van der Waals surface area contributed by atoms with Crippen LogP contribution in [0.1, 0.15) is 17.3 Å². The lowest BCUT2D eigenvalue weighted by molar-refractivity contribution is 0.101. The van der Waals surface area contributed by atoms with E-state index in [2.05, 4.69) is 10.0 Å². The van der Waals surface area contributed by atoms with Crippen molar-refractivity contribution in [1.82, 2.24) is 0 Å². The van der Waals surface area contributed by atoms with Gasteiger partial charge in [-0.05, 0) is 29.6 Å². The Hall–Kier alpha value is -2.58. The minimum atomic E-state index is 0.0121. The molecule has 0 heterocycles. The second kappa shape index (κ2) is 5.17. The molecule has 2 aromatic carbocycles. The van der Waals surface area contributed by atoms with Gasteiger partial charge in [0.05, 0.1) is 0 Å². The van der Waals surface area contributed by atoms with Crippen molar-refractivity contribution in [2.75, 3.05) is 0 Å². The van der Waals surface area contributed by atoms with E-state index in [1.807, 2.05) is 30.3 Å². The molecule has 0 saturated carbocycles. The fourth-order valence-corrected chi connectivity index (χ4v) is 1.76. The highest BCUT2D eigenvalue weighted by molar-refractivity contribution is 5.95.